The van der Waals surface area contributed by atoms with Gasteiger partial charge in [0, 0.05) is 10.9 Å². The number of carbonyl (C=O) groups is 1. The lowest BCUT2D eigenvalue weighted by Gasteiger charge is -2.04. The third kappa shape index (κ3) is 8.32. The Morgan fingerprint density at radius 1 is 1.05 bits per heavy atom. The summed E-state index contributed by atoms with van der Waals surface area (Å²) in [5.74, 6) is 0.00465. The largest absolute Gasteiger partial charge is 0.273 e. The predicted molar refractivity (Wildman–Crippen MR) is 97.1 cm³/mol. The fourth-order valence-corrected chi connectivity index (χ4v) is 2.46. The van der Waals surface area contributed by atoms with E-state index in [1.165, 1.54) is 32.1 Å². The Kier molecular flexibility index (Phi) is 9.80. The molecule has 1 N–H and O–H groups in total. The van der Waals surface area contributed by atoms with Gasteiger partial charge in [0.1, 0.15) is 0 Å². The van der Waals surface area contributed by atoms with E-state index in [0.717, 1.165) is 28.6 Å². The number of halogens is 1. The van der Waals surface area contributed by atoms with Crippen LogP contribution in [0.5, 0.6) is 0 Å². The van der Waals surface area contributed by atoms with Gasteiger partial charge in [-0.25, -0.2) is 5.43 Å². The number of nitrogens with zero attached hydrogens (tertiary/aromatic N) is 1. The monoisotopic (exact) mass is 366 g/mol. The van der Waals surface area contributed by atoms with Crippen LogP contribution >= 0.6 is 15.9 Å². The average molecular weight is 367 g/mol. The maximum absolute atomic E-state index is 11.7. The van der Waals surface area contributed by atoms with Gasteiger partial charge in [0.15, 0.2) is 0 Å². The van der Waals surface area contributed by atoms with Crippen molar-refractivity contribution in [3.05, 3.63) is 34.3 Å². The lowest BCUT2D eigenvalue weighted by atomic mass is 10.1. The van der Waals surface area contributed by atoms with E-state index in [4.69, 9.17) is 0 Å². The molecule has 0 unspecified atom stereocenters. The van der Waals surface area contributed by atoms with Gasteiger partial charge >= 0.3 is 0 Å². The third-order valence-corrected chi connectivity index (χ3v) is 4.15. The van der Waals surface area contributed by atoms with E-state index in [2.05, 4.69) is 33.4 Å². The molecule has 0 fully saturated rings. The third-order valence-electron chi connectivity index (χ3n) is 3.62. The summed E-state index contributed by atoms with van der Waals surface area (Å²) in [6, 6.07) is 7.89. The topological polar surface area (TPSA) is 41.5 Å². The number of amides is 1. The molecule has 0 heterocycles. The Hall–Kier alpha value is -1.16. The summed E-state index contributed by atoms with van der Waals surface area (Å²) in [6.07, 6.45) is 9.08. The normalized spacial score (nSPS) is 11.5. The molecule has 1 aromatic carbocycles. The molecule has 22 heavy (non-hydrogen) atoms. The van der Waals surface area contributed by atoms with E-state index < -0.39 is 0 Å². The van der Waals surface area contributed by atoms with Crippen LogP contribution in [0.2, 0.25) is 0 Å². The van der Waals surface area contributed by atoms with Crippen molar-refractivity contribution in [3.63, 3.8) is 0 Å². The second kappa shape index (κ2) is 11.4. The molecule has 0 atom stereocenters. The van der Waals surface area contributed by atoms with Gasteiger partial charge in [-0.3, -0.25) is 4.79 Å². The molecule has 0 bridgehead atoms. The standard InChI is InChI=1S/C18H27BrN2O/c1-3-4-5-6-7-8-9-10-18(22)21-20-15(2)16-11-13-17(19)14-12-16/h11-14H,3-10H2,1-2H3,(H,21,22). The van der Waals surface area contributed by atoms with Crippen molar-refractivity contribution < 1.29 is 4.79 Å². The predicted octanol–water partition coefficient (Wildman–Crippen LogP) is 5.43. The van der Waals surface area contributed by atoms with Gasteiger partial charge in [0.2, 0.25) is 5.91 Å². The van der Waals surface area contributed by atoms with Crippen molar-refractivity contribution in [2.24, 2.45) is 5.10 Å². The summed E-state index contributed by atoms with van der Waals surface area (Å²) < 4.78 is 1.03. The van der Waals surface area contributed by atoms with Crippen LogP contribution < -0.4 is 5.43 Å². The molecule has 122 valence electrons. The molecule has 0 saturated heterocycles. The zero-order valence-corrected chi connectivity index (χ0v) is 15.3. The maximum atomic E-state index is 11.7. The van der Waals surface area contributed by atoms with Crippen LogP contribution in [0.1, 0.15) is 70.8 Å². The first kappa shape index (κ1) is 18.9. The lowest BCUT2D eigenvalue weighted by molar-refractivity contribution is -0.121. The van der Waals surface area contributed by atoms with Gasteiger partial charge in [-0.1, -0.05) is 73.5 Å². The number of hydrogen-bond donors (Lipinski definition) is 1. The molecule has 1 aromatic rings. The summed E-state index contributed by atoms with van der Waals surface area (Å²) >= 11 is 3.40. The van der Waals surface area contributed by atoms with E-state index in [1.54, 1.807) is 0 Å². The Morgan fingerprint density at radius 2 is 1.64 bits per heavy atom. The number of rotatable bonds is 10. The highest BCUT2D eigenvalue weighted by Gasteiger charge is 2.01. The second-order valence-corrected chi connectivity index (χ2v) is 6.53. The molecular weight excluding hydrogens is 340 g/mol. The Labute approximate surface area is 142 Å². The highest BCUT2D eigenvalue weighted by atomic mass is 79.9. The first-order valence-corrected chi connectivity index (χ1v) is 9.02. The summed E-state index contributed by atoms with van der Waals surface area (Å²) in [5.41, 5.74) is 4.48. The molecule has 0 radical (unpaired) electrons. The number of benzene rings is 1. The van der Waals surface area contributed by atoms with Gasteiger partial charge in [-0.15, -0.1) is 0 Å². The maximum Gasteiger partial charge on any atom is 0.240 e. The fraction of sp³-hybridized carbons (Fsp3) is 0.556. The van der Waals surface area contributed by atoms with Crippen molar-refractivity contribution in [3.8, 4) is 0 Å². The van der Waals surface area contributed by atoms with E-state index in [9.17, 15) is 4.79 Å². The van der Waals surface area contributed by atoms with Gasteiger partial charge < -0.3 is 0 Å². The average Bonchev–Trinajstić information content (AvgIpc) is 2.52. The first-order valence-electron chi connectivity index (χ1n) is 8.22. The molecule has 0 saturated carbocycles. The van der Waals surface area contributed by atoms with Gasteiger partial charge in [0.05, 0.1) is 5.71 Å². The molecule has 4 heteroatoms. The Bertz CT molecular complexity index is 468. The van der Waals surface area contributed by atoms with Gasteiger partial charge in [-0.2, -0.15) is 5.10 Å². The highest BCUT2D eigenvalue weighted by molar-refractivity contribution is 9.10. The SMILES string of the molecule is CCCCCCCCCC(=O)NN=C(C)c1ccc(Br)cc1. The van der Waals surface area contributed by atoms with Gasteiger partial charge in [0.25, 0.3) is 0 Å². The number of hydrogen-bond acceptors (Lipinski definition) is 2. The molecule has 0 aromatic heterocycles. The lowest BCUT2D eigenvalue weighted by Crippen LogP contribution is -2.18. The number of unbranched alkanes of at least 4 members (excludes halogenated alkanes) is 6. The molecule has 1 rings (SSSR count). The van der Waals surface area contributed by atoms with E-state index in [0.29, 0.717) is 6.42 Å². The number of carbonyl (C=O) groups excluding carboxylic acids is 1. The van der Waals surface area contributed by atoms with Crippen molar-refractivity contribution in [1.82, 2.24) is 5.43 Å². The van der Waals surface area contributed by atoms with Crippen LogP contribution in [-0.2, 0) is 4.79 Å². The van der Waals surface area contributed by atoms with Crippen LogP contribution in [0, 0.1) is 0 Å². The molecule has 0 aliphatic carbocycles. The number of hydrazone groups is 1. The highest BCUT2D eigenvalue weighted by Crippen LogP contribution is 2.11. The van der Waals surface area contributed by atoms with Gasteiger partial charge in [-0.05, 0) is 31.0 Å². The van der Waals surface area contributed by atoms with E-state index in [-0.39, 0.29) is 5.91 Å². The zero-order valence-electron chi connectivity index (χ0n) is 13.7. The first-order chi connectivity index (χ1) is 10.6. The van der Waals surface area contributed by atoms with Crippen molar-refractivity contribution >= 4 is 27.5 Å². The molecule has 0 aliphatic rings. The molecular formula is C18H27BrN2O. The molecule has 3 nitrogen and oxygen atoms in total. The molecule has 0 aliphatic heterocycles. The van der Waals surface area contributed by atoms with E-state index >= 15 is 0 Å². The van der Waals surface area contributed by atoms with Crippen LogP contribution in [0.25, 0.3) is 0 Å². The minimum absolute atomic E-state index is 0.00465. The van der Waals surface area contributed by atoms with Crippen LogP contribution in [0.15, 0.2) is 33.8 Å². The van der Waals surface area contributed by atoms with Crippen LogP contribution in [0.3, 0.4) is 0 Å². The second-order valence-electron chi connectivity index (χ2n) is 5.61. The van der Waals surface area contributed by atoms with Crippen LogP contribution in [-0.4, -0.2) is 11.6 Å². The van der Waals surface area contributed by atoms with Crippen molar-refractivity contribution in [1.29, 1.82) is 0 Å². The fourth-order valence-electron chi connectivity index (χ4n) is 2.20. The van der Waals surface area contributed by atoms with Crippen LogP contribution in [0.4, 0.5) is 0 Å². The quantitative estimate of drug-likeness (QED) is 0.334. The smallest absolute Gasteiger partial charge is 0.240 e. The minimum atomic E-state index is 0.00465. The summed E-state index contributed by atoms with van der Waals surface area (Å²) in [4.78, 5) is 11.7. The Morgan fingerprint density at radius 3 is 2.27 bits per heavy atom. The summed E-state index contributed by atoms with van der Waals surface area (Å²) in [6.45, 7) is 4.12. The van der Waals surface area contributed by atoms with Crippen molar-refractivity contribution in [2.45, 2.75) is 65.2 Å². The molecule has 0 spiro atoms. The molecule has 1 amide bonds. The summed E-state index contributed by atoms with van der Waals surface area (Å²) in [5, 5.41) is 4.17. The number of nitrogens with one attached hydrogen (secondary N) is 1. The zero-order chi connectivity index (χ0) is 16.2. The van der Waals surface area contributed by atoms with Crippen molar-refractivity contribution in [2.75, 3.05) is 0 Å². The minimum Gasteiger partial charge on any atom is -0.273 e. The van der Waals surface area contributed by atoms with E-state index in [1.807, 2.05) is 31.2 Å². The summed E-state index contributed by atoms with van der Waals surface area (Å²) in [7, 11) is 0. The Balaban J connectivity index is 2.19.